The predicted octanol–water partition coefficient (Wildman–Crippen LogP) is 1.98. The molecule has 0 aromatic heterocycles. The molecule has 4 heteroatoms. The summed E-state index contributed by atoms with van der Waals surface area (Å²) in [5.41, 5.74) is 0. The van der Waals surface area contributed by atoms with Crippen molar-refractivity contribution in [2.75, 3.05) is 6.61 Å². The average Bonchev–Trinajstić information content (AvgIpc) is 1.98. The smallest absolute Gasteiger partial charge is 0.376 e. The van der Waals surface area contributed by atoms with E-state index in [1.165, 1.54) is 0 Å². The van der Waals surface area contributed by atoms with Gasteiger partial charge in [0.25, 0.3) is 0 Å². The molecule has 0 saturated heterocycles. The van der Waals surface area contributed by atoms with Crippen molar-refractivity contribution in [2.24, 2.45) is 0 Å². The van der Waals surface area contributed by atoms with Gasteiger partial charge in [-0.3, -0.25) is 0 Å². The maximum atomic E-state index is 5.56. The lowest BCUT2D eigenvalue weighted by Gasteiger charge is -2.20. The first kappa shape index (κ1) is 13.1. The molecule has 0 bridgehead atoms. The zero-order chi connectivity index (χ0) is 10.3. The molecule has 0 aromatic rings. The van der Waals surface area contributed by atoms with E-state index in [4.69, 9.17) is 13.3 Å². The van der Waals surface area contributed by atoms with Crippen LogP contribution in [0.15, 0.2) is 0 Å². The van der Waals surface area contributed by atoms with Gasteiger partial charge in [0.1, 0.15) is 0 Å². The summed E-state index contributed by atoms with van der Waals surface area (Å²) < 4.78 is 16.6. The Morgan fingerprint density at radius 1 is 1.00 bits per heavy atom. The molecule has 0 saturated carbocycles. The molecular formula is C9H22O3Si. The minimum absolute atomic E-state index is 0.187. The highest BCUT2D eigenvalue weighted by Crippen LogP contribution is 2.02. The molecule has 0 atom stereocenters. The summed E-state index contributed by atoms with van der Waals surface area (Å²) in [6.07, 6.45) is 1.38. The molecule has 80 valence electrons. The van der Waals surface area contributed by atoms with E-state index in [1.807, 2.05) is 27.7 Å². The van der Waals surface area contributed by atoms with Gasteiger partial charge in [0, 0.05) is 18.8 Å². The first-order valence-electron chi connectivity index (χ1n) is 4.98. The minimum Gasteiger partial charge on any atom is -0.376 e. The van der Waals surface area contributed by atoms with Gasteiger partial charge in [-0.1, -0.05) is 6.92 Å². The quantitative estimate of drug-likeness (QED) is 0.596. The van der Waals surface area contributed by atoms with Crippen LogP contribution in [0.1, 0.15) is 41.0 Å². The van der Waals surface area contributed by atoms with Crippen LogP contribution in [0.25, 0.3) is 0 Å². The molecule has 0 rings (SSSR count). The minimum atomic E-state index is -1.87. The van der Waals surface area contributed by atoms with E-state index in [0.717, 1.165) is 13.0 Å². The van der Waals surface area contributed by atoms with Crippen molar-refractivity contribution in [3.8, 4) is 0 Å². The van der Waals surface area contributed by atoms with Gasteiger partial charge in [0.15, 0.2) is 0 Å². The zero-order valence-electron chi connectivity index (χ0n) is 9.37. The van der Waals surface area contributed by atoms with E-state index in [0.29, 0.717) is 0 Å². The average molecular weight is 206 g/mol. The third kappa shape index (κ3) is 8.43. The van der Waals surface area contributed by atoms with Gasteiger partial charge in [-0.05, 0) is 34.1 Å². The molecule has 0 aliphatic carbocycles. The lowest BCUT2D eigenvalue weighted by Crippen LogP contribution is -2.32. The van der Waals surface area contributed by atoms with Crippen molar-refractivity contribution >= 4 is 9.53 Å². The zero-order valence-corrected chi connectivity index (χ0v) is 10.5. The number of hydrogen-bond acceptors (Lipinski definition) is 3. The third-order valence-electron chi connectivity index (χ3n) is 1.22. The summed E-state index contributed by atoms with van der Waals surface area (Å²) >= 11 is 0. The standard InChI is InChI=1S/C9H22O3Si/c1-6-7-10-13(11-8(2)3)12-9(4)5/h8-9,13H,6-7H2,1-5H3. The maximum absolute atomic E-state index is 5.56. The molecule has 3 nitrogen and oxygen atoms in total. The second-order valence-electron chi connectivity index (χ2n) is 3.53. The third-order valence-corrected chi connectivity index (χ3v) is 3.27. The molecule has 0 fully saturated rings. The van der Waals surface area contributed by atoms with Gasteiger partial charge in [-0.2, -0.15) is 0 Å². The monoisotopic (exact) mass is 206 g/mol. The van der Waals surface area contributed by atoms with Gasteiger partial charge in [0.2, 0.25) is 0 Å². The first-order chi connectivity index (χ1) is 6.06. The summed E-state index contributed by atoms with van der Waals surface area (Å²) in [6.45, 7) is 10.8. The van der Waals surface area contributed by atoms with Crippen LogP contribution in [-0.4, -0.2) is 28.3 Å². The predicted molar refractivity (Wildman–Crippen MR) is 55.8 cm³/mol. The lowest BCUT2D eigenvalue weighted by molar-refractivity contribution is 0.0505. The molecule has 0 spiro atoms. The summed E-state index contributed by atoms with van der Waals surface area (Å²) in [4.78, 5) is 0. The molecule has 0 radical (unpaired) electrons. The van der Waals surface area contributed by atoms with Crippen LogP contribution in [0.4, 0.5) is 0 Å². The summed E-state index contributed by atoms with van der Waals surface area (Å²) in [5, 5.41) is 0. The fourth-order valence-electron chi connectivity index (χ4n) is 0.769. The van der Waals surface area contributed by atoms with Crippen LogP contribution < -0.4 is 0 Å². The first-order valence-corrected chi connectivity index (χ1v) is 6.40. The van der Waals surface area contributed by atoms with Crippen LogP contribution in [0.5, 0.6) is 0 Å². The Morgan fingerprint density at radius 3 is 1.77 bits per heavy atom. The van der Waals surface area contributed by atoms with Crippen LogP contribution in [0, 0.1) is 0 Å². The van der Waals surface area contributed by atoms with Crippen LogP contribution in [0.3, 0.4) is 0 Å². The summed E-state index contributed by atoms with van der Waals surface area (Å²) in [5.74, 6) is 0. The Hall–Kier alpha value is 0.0969. The van der Waals surface area contributed by atoms with Crippen molar-refractivity contribution in [1.82, 2.24) is 0 Å². The van der Waals surface area contributed by atoms with Crippen molar-refractivity contribution in [3.05, 3.63) is 0 Å². The Balaban J connectivity index is 3.73. The van der Waals surface area contributed by atoms with E-state index in [-0.39, 0.29) is 12.2 Å². The van der Waals surface area contributed by atoms with Gasteiger partial charge in [0.05, 0.1) is 0 Å². The van der Waals surface area contributed by atoms with Gasteiger partial charge in [-0.15, -0.1) is 0 Å². The second kappa shape index (κ2) is 7.50. The lowest BCUT2D eigenvalue weighted by atomic mass is 10.5. The highest BCUT2D eigenvalue weighted by Gasteiger charge is 2.18. The SMILES string of the molecule is CCCO[SiH](OC(C)C)OC(C)C. The molecule has 0 amide bonds. The van der Waals surface area contributed by atoms with Crippen molar-refractivity contribution in [2.45, 2.75) is 53.2 Å². The molecule has 13 heavy (non-hydrogen) atoms. The van der Waals surface area contributed by atoms with Gasteiger partial charge >= 0.3 is 9.53 Å². The molecule has 0 heterocycles. The van der Waals surface area contributed by atoms with E-state index in [1.54, 1.807) is 0 Å². The fraction of sp³-hybridized carbons (Fsp3) is 1.00. The van der Waals surface area contributed by atoms with Gasteiger partial charge < -0.3 is 13.3 Å². The van der Waals surface area contributed by atoms with Crippen LogP contribution in [0.2, 0.25) is 0 Å². The highest BCUT2D eigenvalue weighted by atomic mass is 28.3. The van der Waals surface area contributed by atoms with E-state index >= 15 is 0 Å². The maximum Gasteiger partial charge on any atom is 0.484 e. The van der Waals surface area contributed by atoms with Crippen molar-refractivity contribution < 1.29 is 13.3 Å². The number of rotatable bonds is 7. The Morgan fingerprint density at radius 2 is 1.46 bits per heavy atom. The Kier molecular flexibility index (Phi) is 7.55. The fourth-order valence-corrected chi connectivity index (χ4v) is 2.31. The Bertz CT molecular complexity index is 107. The number of hydrogen-bond donors (Lipinski definition) is 0. The molecule has 0 aliphatic rings. The van der Waals surface area contributed by atoms with Crippen molar-refractivity contribution in [3.63, 3.8) is 0 Å². The van der Waals surface area contributed by atoms with Crippen LogP contribution in [-0.2, 0) is 13.3 Å². The molecule has 0 aliphatic heterocycles. The second-order valence-corrected chi connectivity index (χ2v) is 4.98. The summed E-state index contributed by atoms with van der Waals surface area (Å²) in [7, 11) is -1.87. The largest absolute Gasteiger partial charge is 0.484 e. The highest BCUT2D eigenvalue weighted by molar-refractivity contribution is 6.36. The van der Waals surface area contributed by atoms with E-state index < -0.39 is 9.53 Å². The van der Waals surface area contributed by atoms with Crippen LogP contribution >= 0.6 is 0 Å². The molecular weight excluding hydrogens is 184 g/mol. The normalized spacial score (nSPS) is 12.0. The topological polar surface area (TPSA) is 27.7 Å². The van der Waals surface area contributed by atoms with E-state index in [2.05, 4.69) is 6.92 Å². The van der Waals surface area contributed by atoms with Gasteiger partial charge in [-0.25, -0.2) is 0 Å². The molecule has 0 unspecified atom stereocenters. The van der Waals surface area contributed by atoms with E-state index in [9.17, 15) is 0 Å². The summed E-state index contributed by atoms with van der Waals surface area (Å²) in [6, 6.07) is 0. The molecule has 0 N–H and O–H groups in total. The molecule has 0 aromatic carbocycles. The Labute approximate surface area is 83.3 Å². The van der Waals surface area contributed by atoms with Crippen molar-refractivity contribution in [1.29, 1.82) is 0 Å².